The summed E-state index contributed by atoms with van der Waals surface area (Å²) in [7, 11) is 0. The van der Waals surface area contributed by atoms with Crippen LogP contribution in [0, 0.1) is 10.1 Å². The van der Waals surface area contributed by atoms with E-state index in [-0.39, 0.29) is 17.0 Å². The van der Waals surface area contributed by atoms with Gasteiger partial charge in [-0.15, -0.1) is 0 Å². The number of hydrazone groups is 1. The van der Waals surface area contributed by atoms with E-state index in [0.29, 0.717) is 5.56 Å². The number of nitrogens with one attached hydrogen (secondary N) is 1. The van der Waals surface area contributed by atoms with E-state index >= 15 is 0 Å². The maximum Gasteiger partial charge on any atom is 0.275 e. The van der Waals surface area contributed by atoms with Gasteiger partial charge in [-0.2, -0.15) is 5.10 Å². The van der Waals surface area contributed by atoms with Crippen LogP contribution in [0.2, 0.25) is 0 Å². The number of hydrogen-bond donors (Lipinski definition) is 2. The van der Waals surface area contributed by atoms with Crippen LogP contribution in [0.1, 0.15) is 15.9 Å². The normalized spacial score (nSPS) is 10.5. The fourth-order valence-corrected chi connectivity index (χ4v) is 1.49. The third-order valence-corrected chi connectivity index (χ3v) is 2.52. The standard InChI is InChI=1S/C13H10N4O4/c18-12-2-1-10(17(20)21)7-11(12)13(19)16-15-8-9-3-5-14-6-4-9/h1-8,18H,(H,16,19)/b15-8-. The lowest BCUT2D eigenvalue weighted by Crippen LogP contribution is -2.18. The van der Waals surface area contributed by atoms with Crippen molar-refractivity contribution in [2.75, 3.05) is 0 Å². The van der Waals surface area contributed by atoms with Gasteiger partial charge in [0.15, 0.2) is 0 Å². The zero-order valence-corrected chi connectivity index (χ0v) is 10.6. The maximum absolute atomic E-state index is 11.8. The molecule has 8 nitrogen and oxygen atoms in total. The Bertz CT molecular complexity index is 701. The molecule has 0 spiro atoms. The minimum absolute atomic E-state index is 0.226. The predicted octanol–water partition coefficient (Wildman–Crippen LogP) is 1.46. The molecule has 0 bridgehead atoms. The second kappa shape index (κ2) is 6.24. The number of aromatic nitrogens is 1. The minimum Gasteiger partial charge on any atom is -0.507 e. The summed E-state index contributed by atoms with van der Waals surface area (Å²) in [6.45, 7) is 0. The highest BCUT2D eigenvalue weighted by molar-refractivity contribution is 5.97. The molecule has 2 N–H and O–H groups in total. The first-order chi connectivity index (χ1) is 10.1. The summed E-state index contributed by atoms with van der Waals surface area (Å²) in [5.41, 5.74) is 2.38. The van der Waals surface area contributed by atoms with Gasteiger partial charge in [0, 0.05) is 24.5 Å². The van der Waals surface area contributed by atoms with Crippen molar-refractivity contribution in [3.05, 3.63) is 64.0 Å². The highest BCUT2D eigenvalue weighted by Gasteiger charge is 2.15. The number of carbonyl (C=O) groups is 1. The van der Waals surface area contributed by atoms with Gasteiger partial charge < -0.3 is 5.11 Å². The zero-order chi connectivity index (χ0) is 15.2. The molecule has 106 valence electrons. The molecule has 1 aromatic carbocycles. The van der Waals surface area contributed by atoms with Crippen LogP contribution in [0.15, 0.2) is 47.8 Å². The summed E-state index contributed by atoms with van der Waals surface area (Å²) in [5, 5.41) is 23.9. The number of nitro benzene ring substituents is 1. The topological polar surface area (TPSA) is 118 Å². The second-order valence-electron chi connectivity index (χ2n) is 3.94. The number of aromatic hydroxyl groups is 1. The van der Waals surface area contributed by atoms with Crippen molar-refractivity contribution >= 4 is 17.8 Å². The smallest absolute Gasteiger partial charge is 0.275 e. The molecule has 0 fully saturated rings. The van der Waals surface area contributed by atoms with E-state index in [1.807, 2.05) is 0 Å². The van der Waals surface area contributed by atoms with Gasteiger partial charge in [0.1, 0.15) is 5.75 Å². The molecule has 0 unspecified atom stereocenters. The van der Waals surface area contributed by atoms with E-state index in [1.54, 1.807) is 24.5 Å². The van der Waals surface area contributed by atoms with E-state index in [1.165, 1.54) is 6.21 Å². The monoisotopic (exact) mass is 286 g/mol. The number of carbonyl (C=O) groups excluding carboxylic acids is 1. The van der Waals surface area contributed by atoms with Crippen LogP contribution in [0.25, 0.3) is 0 Å². The zero-order valence-electron chi connectivity index (χ0n) is 10.6. The molecule has 0 atom stereocenters. The molecule has 1 aromatic heterocycles. The second-order valence-corrected chi connectivity index (χ2v) is 3.94. The molecule has 0 radical (unpaired) electrons. The Balaban J connectivity index is 2.12. The average molecular weight is 286 g/mol. The summed E-state index contributed by atoms with van der Waals surface area (Å²) in [4.78, 5) is 25.6. The van der Waals surface area contributed by atoms with Gasteiger partial charge >= 0.3 is 0 Å². The first-order valence-corrected chi connectivity index (χ1v) is 5.79. The number of rotatable bonds is 4. The van der Waals surface area contributed by atoms with Crippen LogP contribution < -0.4 is 5.43 Å². The van der Waals surface area contributed by atoms with Gasteiger partial charge in [-0.25, -0.2) is 5.43 Å². The van der Waals surface area contributed by atoms with Crippen molar-refractivity contribution in [1.82, 2.24) is 10.4 Å². The summed E-state index contributed by atoms with van der Waals surface area (Å²) in [6.07, 6.45) is 4.51. The quantitative estimate of drug-likeness (QED) is 0.501. The molecule has 1 heterocycles. The molecule has 1 amide bonds. The Kier molecular flexibility index (Phi) is 4.20. The maximum atomic E-state index is 11.8. The number of hydrogen-bond acceptors (Lipinski definition) is 6. The minimum atomic E-state index is -0.749. The lowest BCUT2D eigenvalue weighted by Gasteiger charge is -2.02. The average Bonchev–Trinajstić information content (AvgIpc) is 2.48. The highest BCUT2D eigenvalue weighted by atomic mass is 16.6. The fourth-order valence-electron chi connectivity index (χ4n) is 1.49. The number of amides is 1. The molecule has 0 saturated carbocycles. The molecule has 8 heteroatoms. The number of benzene rings is 1. The van der Waals surface area contributed by atoms with Crippen LogP contribution in [-0.4, -0.2) is 27.1 Å². The Morgan fingerprint density at radius 2 is 2.05 bits per heavy atom. The Labute approximate surface area is 118 Å². The van der Waals surface area contributed by atoms with Crippen LogP contribution in [0.5, 0.6) is 5.75 Å². The van der Waals surface area contributed by atoms with E-state index in [0.717, 1.165) is 18.2 Å². The number of nitrogens with zero attached hydrogens (tertiary/aromatic N) is 3. The Morgan fingerprint density at radius 3 is 2.71 bits per heavy atom. The lowest BCUT2D eigenvalue weighted by molar-refractivity contribution is -0.384. The van der Waals surface area contributed by atoms with Crippen LogP contribution in [0.3, 0.4) is 0 Å². The first kappa shape index (κ1) is 14.1. The predicted molar refractivity (Wildman–Crippen MR) is 74.1 cm³/mol. The SMILES string of the molecule is O=C(N/N=C\c1ccncc1)c1cc([N+](=O)[O-])ccc1O. The van der Waals surface area contributed by atoms with Gasteiger partial charge in [-0.3, -0.25) is 19.9 Å². The van der Waals surface area contributed by atoms with Crippen LogP contribution in [0.4, 0.5) is 5.69 Å². The fraction of sp³-hybridized carbons (Fsp3) is 0. The molecule has 2 aromatic rings. The summed E-state index contributed by atoms with van der Waals surface area (Å²) in [6, 6.07) is 6.53. The van der Waals surface area contributed by atoms with E-state index in [4.69, 9.17) is 0 Å². The molecule has 0 aliphatic rings. The molecule has 21 heavy (non-hydrogen) atoms. The Morgan fingerprint density at radius 1 is 1.33 bits per heavy atom. The number of nitro groups is 1. The summed E-state index contributed by atoms with van der Waals surface area (Å²) < 4.78 is 0. The first-order valence-electron chi connectivity index (χ1n) is 5.79. The summed E-state index contributed by atoms with van der Waals surface area (Å²) in [5.74, 6) is -1.11. The van der Waals surface area contributed by atoms with E-state index in [9.17, 15) is 20.0 Å². The largest absolute Gasteiger partial charge is 0.507 e. The van der Waals surface area contributed by atoms with Gasteiger partial charge in [0.25, 0.3) is 11.6 Å². The number of pyridine rings is 1. The number of phenols is 1. The highest BCUT2D eigenvalue weighted by Crippen LogP contribution is 2.22. The van der Waals surface area contributed by atoms with Gasteiger partial charge in [-0.05, 0) is 23.8 Å². The molecule has 2 rings (SSSR count). The molecule has 0 aliphatic heterocycles. The molecular weight excluding hydrogens is 276 g/mol. The molecule has 0 saturated heterocycles. The van der Waals surface area contributed by atoms with Crippen LogP contribution >= 0.6 is 0 Å². The van der Waals surface area contributed by atoms with E-state index < -0.39 is 10.8 Å². The molecular formula is C13H10N4O4. The van der Waals surface area contributed by atoms with E-state index in [2.05, 4.69) is 15.5 Å². The molecule has 0 aliphatic carbocycles. The van der Waals surface area contributed by atoms with Crippen molar-refractivity contribution in [3.63, 3.8) is 0 Å². The van der Waals surface area contributed by atoms with Crippen molar-refractivity contribution in [2.24, 2.45) is 5.10 Å². The number of phenolic OH excluding ortho intramolecular Hbond substituents is 1. The number of non-ortho nitro benzene ring substituents is 1. The Hall–Kier alpha value is -3.29. The van der Waals surface area contributed by atoms with Crippen molar-refractivity contribution in [3.8, 4) is 5.75 Å². The third-order valence-electron chi connectivity index (χ3n) is 2.52. The van der Waals surface area contributed by atoms with Crippen molar-refractivity contribution in [2.45, 2.75) is 0 Å². The lowest BCUT2D eigenvalue weighted by atomic mass is 10.1. The van der Waals surface area contributed by atoms with Gasteiger partial charge in [0.2, 0.25) is 0 Å². The van der Waals surface area contributed by atoms with Crippen molar-refractivity contribution < 1.29 is 14.8 Å². The van der Waals surface area contributed by atoms with Crippen LogP contribution in [-0.2, 0) is 0 Å². The third kappa shape index (κ3) is 3.60. The van der Waals surface area contributed by atoms with Gasteiger partial charge in [0.05, 0.1) is 16.7 Å². The van der Waals surface area contributed by atoms with Crippen molar-refractivity contribution in [1.29, 1.82) is 0 Å². The summed E-state index contributed by atoms with van der Waals surface area (Å²) >= 11 is 0. The van der Waals surface area contributed by atoms with Gasteiger partial charge in [-0.1, -0.05) is 0 Å².